The van der Waals surface area contributed by atoms with E-state index in [1.807, 2.05) is 6.92 Å². The molecule has 2 aromatic heterocycles. The van der Waals surface area contributed by atoms with Gasteiger partial charge < -0.3 is 10.3 Å². The Kier molecular flexibility index (Phi) is 3.67. The number of rotatable bonds is 3. The lowest BCUT2D eigenvalue weighted by molar-refractivity contribution is 0.349. The number of aromatic nitrogens is 4. The van der Waals surface area contributed by atoms with E-state index in [1.165, 1.54) is 6.42 Å². The molecule has 7 heteroatoms. The van der Waals surface area contributed by atoms with Crippen LogP contribution in [0.3, 0.4) is 0 Å². The van der Waals surface area contributed by atoms with Crippen molar-refractivity contribution in [3.8, 4) is 0 Å². The third kappa shape index (κ3) is 2.31. The minimum Gasteiger partial charge on any atom is -0.328 e. The first-order valence-corrected chi connectivity index (χ1v) is 7.55. The first-order chi connectivity index (χ1) is 10.1. The van der Waals surface area contributed by atoms with E-state index in [1.54, 1.807) is 15.5 Å². The van der Waals surface area contributed by atoms with Crippen LogP contribution in [-0.2, 0) is 0 Å². The van der Waals surface area contributed by atoms with Gasteiger partial charge in [0.05, 0.1) is 6.33 Å². The standard InChI is InChI=1S/C14H21N5O2/c1-9(7-15)18-8-16-12-11(18)13(20)17-14(21)19(12)10-5-3-2-4-6-10/h8-10H,2-7,15H2,1H3,(H,17,20,21). The average Bonchev–Trinajstić information content (AvgIpc) is 2.92. The van der Waals surface area contributed by atoms with Crippen molar-refractivity contribution in [2.24, 2.45) is 5.73 Å². The van der Waals surface area contributed by atoms with Crippen LogP contribution in [0.1, 0.15) is 51.1 Å². The molecule has 114 valence electrons. The van der Waals surface area contributed by atoms with Crippen LogP contribution in [0.5, 0.6) is 0 Å². The smallest absolute Gasteiger partial charge is 0.328 e. The number of fused-ring (bicyclic) bond motifs is 1. The summed E-state index contributed by atoms with van der Waals surface area (Å²) in [7, 11) is 0. The molecule has 3 N–H and O–H groups in total. The summed E-state index contributed by atoms with van der Waals surface area (Å²) in [6.45, 7) is 2.34. The molecular weight excluding hydrogens is 270 g/mol. The van der Waals surface area contributed by atoms with Gasteiger partial charge in [-0.05, 0) is 19.8 Å². The molecule has 0 aliphatic heterocycles. The molecule has 1 unspecified atom stereocenters. The van der Waals surface area contributed by atoms with Gasteiger partial charge in [0.15, 0.2) is 11.2 Å². The molecule has 0 amide bonds. The highest BCUT2D eigenvalue weighted by atomic mass is 16.2. The SMILES string of the molecule is CC(CN)n1cnc2c1c(=O)[nH]c(=O)n2C1CCCCC1. The van der Waals surface area contributed by atoms with Crippen molar-refractivity contribution in [2.75, 3.05) is 6.54 Å². The van der Waals surface area contributed by atoms with Crippen molar-refractivity contribution in [1.29, 1.82) is 0 Å². The molecule has 1 aliphatic rings. The number of aromatic amines is 1. The molecule has 0 saturated heterocycles. The van der Waals surface area contributed by atoms with E-state index in [0.29, 0.717) is 17.7 Å². The molecular formula is C14H21N5O2. The topological polar surface area (TPSA) is 98.7 Å². The van der Waals surface area contributed by atoms with E-state index in [9.17, 15) is 9.59 Å². The van der Waals surface area contributed by atoms with Crippen molar-refractivity contribution < 1.29 is 0 Å². The summed E-state index contributed by atoms with van der Waals surface area (Å²) >= 11 is 0. The van der Waals surface area contributed by atoms with Gasteiger partial charge in [-0.15, -0.1) is 0 Å². The van der Waals surface area contributed by atoms with Gasteiger partial charge in [-0.3, -0.25) is 14.3 Å². The van der Waals surface area contributed by atoms with Crippen LogP contribution < -0.4 is 17.0 Å². The monoisotopic (exact) mass is 291 g/mol. The number of hydrogen-bond donors (Lipinski definition) is 2. The zero-order chi connectivity index (χ0) is 15.0. The minimum absolute atomic E-state index is 0.0339. The van der Waals surface area contributed by atoms with Crippen LogP contribution in [0.15, 0.2) is 15.9 Å². The van der Waals surface area contributed by atoms with Gasteiger partial charge in [-0.25, -0.2) is 9.78 Å². The fourth-order valence-corrected chi connectivity index (χ4v) is 3.18. The Morgan fingerprint density at radius 2 is 2.10 bits per heavy atom. The molecule has 7 nitrogen and oxygen atoms in total. The molecule has 2 heterocycles. The molecule has 1 aliphatic carbocycles. The summed E-state index contributed by atoms with van der Waals surface area (Å²) in [5.74, 6) is 0. The molecule has 0 aromatic carbocycles. The highest BCUT2D eigenvalue weighted by Gasteiger charge is 2.22. The van der Waals surface area contributed by atoms with Crippen LogP contribution in [0.25, 0.3) is 11.2 Å². The summed E-state index contributed by atoms with van der Waals surface area (Å²) in [6.07, 6.45) is 6.95. The van der Waals surface area contributed by atoms with Gasteiger partial charge in [0, 0.05) is 18.6 Å². The van der Waals surface area contributed by atoms with Crippen LogP contribution in [0.4, 0.5) is 0 Å². The van der Waals surface area contributed by atoms with Crippen molar-refractivity contribution in [3.05, 3.63) is 27.2 Å². The maximum atomic E-state index is 12.2. The lowest BCUT2D eigenvalue weighted by Crippen LogP contribution is -2.34. The lowest BCUT2D eigenvalue weighted by atomic mass is 9.95. The summed E-state index contributed by atoms with van der Waals surface area (Å²) < 4.78 is 3.42. The zero-order valence-electron chi connectivity index (χ0n) is 12.2. The molecule has 2 aromatic rings. The minimum atomic E-state index is -0.389. The van der Waals surface area contributed by atoms with E-state index >= 15 is 0 Å². The second kappa shape index (κ2) is 5.48. The largest absolute Gasteiger partial charge is 0.330 e. The van der Waals surface area contributed by atoms with Gasteiger partial charge in [0.2, 0.25) is 0 Å². The second-order valence-electron chi connectivity index (χ2n) is 5.83. The highest BCUT2D eigenvalue weighted by molar-refractivity contribution is 5.70. The Hall–Kier alpha value is -1.89. The van der Waals surface area contributed by atoms with Crippen molar-refractivity contribution in [3.63, 3.8) is 0 Å². The number of hydrogen-bond acceptors (Lipinski definition) is 4. The number of nitrogens with zero attached hydrogens (tertiary/aromatic N) is 3. The van der Waals surface area contributed by atoms with Crippen LogP contribution in [0.2, 0.25) is 0 Å². The molecule has 0 spiro atoms. The third-order valence-electron chi connectivity index (χ3n) is 4.41. The maximum Gasteiger partial charge on any atom is 0.330 e. The van der Waals surface area contributed by atoms with Gasteiger partial charge in [0.1, 0.15) is 0 Å². The predicted octanol–water partition coefficient (Wildman–Crippen LogP) is 0.911. The molecule has 1 fully saturated rings. The Balaban J connectivity index is 2.23. The third-order valence-corrected chi connectivity index (χ3v) is 4.41. The van der Waals surface area contributed by atoms with Gasteiger partial charge in [-0.1, -0.05) is 19.3 Å². The van der Waals surface area contributed by atoms with Crippen molar-refractivity contribution in [1.82, 2.24) is 19.1 Å². The number of H-pyrrole nitrogens is 1. The summed E-state index contributed by atoms with van der Waals surface area (Å²) in [6, 6.07) is 0.0931. The zero-order valence-corrected chi connectivity index (χ0v) is 12.2. The van der Waals surface area contributed by atoms with E-state index in [0.717, 1.165) is 25.7 Å². The number of imidazole rings is 1. The average molecular weight is 291 g/mol. The Morgan fingerprint density at radius 3 is 2.76 bits per heavy atom. The Labute approximate surface area is 121 Å². The van der Waals surface area contributed by atoms with E-state index < -0.39 is 0 Å². The molecule has 3 rings (SSSR count). The summed E-state index contributed by atoms with van der Waals surface area (Å²) in [5, 5.41) is 0. The first kappa shape index (κ1) is 14.1. The number of nitrogens with two attached hydrogens (primary N) is 1. The molecule has 21 heavy (non-hydrogen) atoms. The van der Waals surface area contributed by atoms with Crippen molar-refractivity contribution in [2.45, 2.75) is 51.1 Å². The van der Waals surface area contributed by atoms with Crippen LogP contribution in [0, 0.1) is 0 Å². The van der Waals surface area contributed by atoms with Gasteiger partial charge >= 0.3 is 5.69 Å². The van der Waals surface area contributed by atoms with E-state index in [2.05, 4.69) is 9.97 Å². The quantitative estimate of drug-likeness (QED) is 0.878. The van der Waals surface area contributed by atoms with Gasteiger partial charge in [-0.2, -0.15) is 0 Å². The Morgan fingerprint density at radius 1 is 1.38 bits per heavy atom. The fraction of sp³-hybridized carbons (Fsp3) is 0.643. The molecule has 1 atom stereocenters. The summed E-state index contributed by atoms with van der Waals surface area (Å²) in [4.78, 5) is 31.2. The maximum absolute atomic E-state index is 12.2. The Bertz CT molecular complexity index is 751. The van der Waals surface area contributed by atoms with Crippen LogP contribution >= 0.6 is 0 Å². The normalized spacial score (nSPS) is 18.2. The fourth-order valence-electron chi connectivity index (χ4n) is 3.18. The molecule has 0 radical (unpaired) electrons. The lowest BCUT2D eigenvalue weighted by Gasteiger charge is -2.23. The van der Waals surface area contributed by atoms with E-state index in [4.69, 9.17) is 5.73 Å². The summed E-state index contributed by atoms with van der Waals surface area (Å²) in [5.41, 5.74) is 5.87. The second-order valence-corrected chi connectivity index (χ2v) is 5.83. The number of nitrogens with one attached hydrogen (secondary N) is 1. The van der Waals surface area contributed by atoms with E-state index in [-0.39, 0.29) is 23.3 Å². The van der Waals surface area contributed by atoms with Crippen LogP contribution in [-0.4, -0.2) is 25.6 Å². The highest BCUT2D eigenvalue weighted by Crippen LogP contribution is 2.28. The van der Waals surface area contributed by atoms with Crippen molar-refractivity contribution >= 4 is 11.2 Å². The molecule has 0 bridgehead atoms. The molecule has 1 saturated carbocycles. The first-order valence-electron chi connectivity index (χ1n) is 7.55. The van der Waals surface area contributed by atoms with Gasteiger partial charge in [0.25, 0.3) is 5.56 Å². The predicted molar refractivity (Wildman–Crippen MR) is 80.5 cm³/mol.